The molecule has 6 fully saturated rings. The van der Waals surface area contributed by atoms with Gasteiger partial charge in [0.2, 0.25) is 0 Å². The van der Waals surface area contributed by atoms with Crippen LogP contribution in [0, 0.1) is 56.7 Å². The first-order valence-corrected chi connectivity index (χ1v) is 17.0. The zero-order valence-corrected chi connectivity index (χ0v) is 27.2. The molecule has 0 aromatic rings. The number of aliphatic carboxylic acids is 1. The number of hydrogen-bond acceptors (Lipinski definition) is 8. The Kier molecular flexibility index (Phi) is 8.01. The van der Waals surface area contributed by atoms with Gasteiger partial charge in [-0.15, -0.1) is 0 Å². The van der Waals surface area contributed by atoms with Gasteiger partial charge in [0.15, 0.2) is 12.6 Å². The summed E-state index contributed by atoms with van der Waals surface area (Å²) < 4.78 is 11.7. The van der Waals surface area contributed by atoms with E-state index >= 15 is 0 Å². The van der Waals surface area contributed by atoms with Crippen LogP contribution in [-0.4, -0.2) is 80.2 Å². The van der Waals surface area contributed by atoms with Crippen LogP contribution in [0.4, 0.5) is 0 Å². The molecule has 9 nitrogen and oxygen atoms in total. The van der Waals surface area contributed by atoms with E-state index in [4.69, 9.17) is 9.47 Å². The van der Waals surface area contributed by atoms with Crippen LogP contribution in [0.15, 0.2) is 12.2 Å². The van der Waals surface area contributed by atoms with E-state index in [-0.39, 0.29) is 40.6 Å². The lowest BCUT2D eigenvalue weighted by Crippen LogP contribution is -2.68. The average molecular weight is 621 g/mol. The topological polar surface area (TPSA) is 157 Å². The summed E-state index contributed by atoms with van der Waals surface area (Å²) >= 11 is 0. The van der Waals surface area contributed by atoms with Gasteiger partial charge in [-0.1, -0.05) is 39.8 Å². The maximum Gasteiger partial charge on any atom is 0.309 e. The molecule has 0 aromatic carbocycles. The summed E-state index contributed by atoms with van der Waals surface area (Å²) in [5.41, 5.74) is -0.227. The molecule has 6 rings (SSSR count). The lowest BCUT2D eigenvalue weighted by molar-refractivity contribution is -0.363. The molecule has 0 unspecified atom stereocenters. The predicted molar refractivity (Wildman–Crippen MR) is 162 cm³/mol. The minimum absolute atomic E-state index is 0.00166. The summed E-state index contributed by atoms with van der Waals surface area (Å²) in [6, 6.07) is 0. The van der Waals surface area contributed by atoms with Crippen molar-refractivity contribution in [3.63, 3.8) is 0 Å². The van der Waals surface area contributed by atoms with Gasteiger partial charge in [-0.2, -0.15) is 0 Å². The molecule has 44 heavy (non-hydrogen) atoms. The summed E-state index contributed by atoms with van der Waals surface area (Å²) in [4.78, 5) is 12.9. The lowest BCUT2D eigenvalue weighted by atomic mass is 9.32. The van der Waals surface area contributed by atoms with Gasteiger partial charge in [-0.3, -0.25) is 4.79 Å². The van der Waals surface area contributed by atoms with Crippen molar-refractivity contribution in [2.45, 2.75) is 136 Å². The standard InChI is InChI=1S/C35H56O9/c1-18(2)19-9-14-35(30(41)42)16-15-33(5)20(24(19)35)7-8-22-31(3)12-11-23(32(4,17-36)21(31)10-13-34(22,33)6)43-29-27(39)25(37)26(38)28(40)44-29/h19-29,36-40H,1,7-17H2,2-6H3,(H,41,42)/t19-,20-,21-,22+,23-,24+,25+,26+,27+,28+,29+,31-,32-,33+,34+,35-/m0/s1. The van der Waals surface area contributed by atoms with Crippen molar-refractivity contribution in [3.8, 4) is 0 Å². The van der Waals surface area contributed by atoms with Crippen molar-refractivity contribution >= 4 is 5.97 Å². The Bertz CT molecular complexity index is 1160. The first-order chi connectivity index (χ1) is 20.5. The summed E-state index contributed by atoms with van der Waals surface area (Å²) in [6.45, 7) is 15.7. The second-order valence-corrected chi connectivity index (χ2v) is 16.8. The van der Waals surface area contributed by atoms with Crippen LogP contribution in [0.3, 0.4) is 0 Å². The van der Waals surface area contributed by atoms with Crippen molar-refractivity contribution in [2.24, 2.45) is 56.7 Å². The molecule has 0 radical (unpaired) electrons. The number of fused-ring (bicyclic) bond motifs is 7. The van der Waals surface area contributed by atoms with E-state index in [1.165, 1.54) is 0 Å². The maximum absolute atomic E-state index is 12.9. The van der Waals surface area contributed by atoms with E-state index in [0.717, 1.165) is 63.4 Å². The number of ether oxygens (including phenoxy) is 2. The van der Waals surface area contributed by atoms with Crippen LogP contribution < -0.4 is 0 Å². The Morgan fingerprint density at radius 2 is 1.55 bits per heavy atom. The predicted octanol–water partition coefficient (Wildman–Crippen LogP) is 3.84. The number of carboxylic acid groups (broad SMARTS) is 1. The molecule has 0 bridgehead atoms. The zero-order chi connectivity index (χ0) is 32.2. The van der Waals surface area contributed by atoms with E-state index in [1.54, 1.807) is 0 Å². The third-order valence-electron chi connectivity index (χ3n) is 15.4. The smallest absolute Gasteiger partial charge is 0.309 e. The number of aliphatic hydroxyl groups excluding tert-OH is 5. The fraction of sp³-hybridized carbons (Fsp3) is 0.914. The largest absolute Gasteiger partial charge is 0.481 e. The molecule has 0 aromatic heterocycles. The molecule has 1 aliphatic heterocycles. The van der Waals surface area contributed by atoms with Crippen LogP contribution in [0.25, 0.3) is 0 Å². The first-order valence-electron chi connectivity index (χ1n) is 17.0. The highest BCUT2D eigenvalue weighted by molar-refractivity contribution is 5.76. The molecular formula is C35H56O9. The number of carboxylic acids is 1. The monoisotopic (exact) mass is 620 g/mol. The molecule has 1 heterocycles. The fourth-order valence-corrected chi connectivity index (χ4v) is 12.8. The maximum atomic E-state index is 12.9. The number of allylic oxidation sites excluding steroid dienone is 1. The van der Waals surface area contributed by atoms with Crippen molar-refractivity contribution in [1.29, 1.82) is 0 Å². The fourth-order valence-electron chi connectivity index (χ4n) is 12.8. The average Bonchev–Trinajstić information content (AvgIpc) is 3.38. The van der Waals surface area contributed by atoms with Gasteiger partial charge in [-0.05, 0) is 117 Å². The summed E-state index contributed by atoms with van der Waals surface area (Å²) in [7, 11) is 0. The number of aliphatic hydroxyl groups is 5. The summed E-state index contributed by atoms with van der Waals surface area (Å²) in [5.74, 6) is 0.629. The molecule has 6 N–H and O–H groups in total. The van der Waals surface area contributed by atoms with Gasteiger partial charge in [-0.25, -0.2) is 0 Å². The first kappa shape index (κ1) is 32.9. The minimum atomic E-state index is -1.68. The van der Waals surface area contributed by atoms with Gasteiger partial charge in [0.25, 0.3) is 0 Å². The number of hydrogen-bond donors (Lipinski definition) is 6. The molecule has 6 aliphatic rings. The molecule has 0 spiro atoms. The SMILES string of the molecule is C=C(C)[C@@H]1CC[C@]2(C(=O)O)CC[C@]3(C)[C@@H](CC[C@@H]4[C@@]5(C)CC[C@H](O[C@@H]6O[C@@H](O)[C@H](O)[C@@H](O)[C@H]6O)[C@@](C)(CO)[C@H]5CC[C@]43C)[C@@H]12. The Labute approximate surface area is 262 Å². The van der Waals surface area contributed by atoms with E-state index in [0.29, 0.717) is 18.3 Å². The van der Waals surface area contributed by atoms with Gasteiger partial charge in [0.05, 0.1) is 18.1 Å². The second kappa shape index (κ2) is 10.7. The van der Waals surface area contributed by atoms with Crippen LogP contribution >= 0.6 is 0 Å². The second-order valence-electron chi connectivity index (χ2n) is 16.8. The van der Waals surface area contributed by atoms with Crippen molar-refractivity contribution in [2.75, 3.05) is 6.61 Å². The number of rotatable bonds is 5. The van der Waals surface area contributed by atoms with E-state index in [9.17, 15) is 35.4 Å². The molecule has 9 heteroatoms. The summed E-state index contributed by atoms with van der Waals surface area (Å²) in [6.07, 6.45) is 0.502. The minimum Gasteiger partial charge on any atom is -0.481 e. The van der Waals surface area contributed by atoms with Gasteiger partial charge < -0.3 is 40.1 Å². The third kappa shape index (κ3) is 4.18. The Balaban J connectivity index is 1.30. The highest BCUT2D eigenvalue weighted by Gasteiger charge is 2.72. The Morgan fingerprint density at radius 3 is 2.18 bits per heavy atom. The molecule has 5 aliphatic carbocycles. The van der Waals surface area contributed by atoms with Crippen molar-refractivity contribution in [1.82, 2.24) is 0 Å². The highest BCUT2D eigenvalue weighted by atomic mass is 16.7. The third-order valence-corrected chi connectivity index (χ3v) is 15.4. The highest BCUT2D eigenvalue weighted by Crippen LogP contribution is 2.77. The van der Waals surface area contributed by atoms with Crippen LogP contribution in [0.5, 0.6) is 0 Å². The molecule has 1 saturated heterocycles. The van der Waals surface area contributed by atoms with E-state index in [1.807, 2.05) is 0 Å². The zero-order valence-electron chi connectivity index (χ0n) is 27.2. The molecule has 250 valence electrons. The van der Waals surface area contributed by atoms with Gasteiger partial charge in [0.1, 0.15) is 18.3 Å². The molecule has 16 atom stereocenters. The Hall–Kier alpha value is -1.07. The van der Waals surface area contributed by atoms with Crippen LogP contribution in [0.2, 0.25) is 0 Å². The van der Waals surface area contributed by atoms with Gasteiger partial charge >= 0.3 is 5.97 Å². The quantitative estimate of drug-likeness (QED) is 0.199. The summed E-state index contributed by atoms with van der Waals surface area (Å²) in [5, 5.41) is 62.5. The van der Waals surface area contributed by atoms with Crippen LogP contribution in [-0.2, 0) is 14.3 Å². The molecule has 0 amide bonds. The van der Waals surface area contributed by atoms with Crippen molar-refractivity contribution in [3.05, 3.63) is 12.2 Å². The lowest BCUT2D eigenvalue weighted by Gasteiger charge is -2.73. The normalized spacial score (nSPS) is 57.0. The van der Waals surface area contributed by atoms with E-state index in [2.05, 4.69) is 41.2 Å². The Morgan fingerprint density at radius 1 is 0.841 bits per heavy atom. The van der Waals surface area contributed by atoms with E-state index < -0.39 is 53.8 Å². The van der Waals surface area contributed by atoms with Crippen molar-refractivity contribution < 1.29 is 44.9 Å². The number of carbonyl (C=O) groups is 1. The van der Waals surface area contributed by atoms with Gasteiger partial charge in [0, 0.05) is 5.41 Å². The molecular weight excluding hydrogens is 564 g/mol. The van der Waals surface area contributed by atoms with Crippen LogP contribution in [0.1, 0.15) is 98.8 Å². The molecule has 5 saturated carbocycles.